The zero-order chi connectivity index (χ0) is 17.6. The van der Waals surface area contributed by atoms with Crippen molar-refractivity contribution in [3.63, 3.8) is 0 Å². The van der Waals surface area contributed by atoms with Crippen molar-refractivity contribution in [1.82, 2.24) is 9.62 Å². The van der Waals surface area contributed by atoms with Gasteiger partial charge in [-0.05, 0) is 24.6 Å². The number of carbonyl (C=O) groups is 2. The Balaban J connectivity index is 2.68. The number of nitrogens with zero attached hydrogens (tertiary/aromatic N) is 1. The van der Waals surface area contributed by atoms with Crippen molar-refractivity contribution in [2.75, 3.05) is 25.9 Å². The summed E-state index contributed by atoms with van der Waals surface area (Å²) in [6, 6.07) is 4.92. The number of carbonyl (C=O) groups excluding carboxylic acids is 1. The van der Waals surface area contributed by atoms with Gasteiger partial charge in [0.1, 0.15) is 5.82 Å². The van der Waals surface area contributed by atoms with Crippen LogP contribution in [-0.2, 0) is 19.6 Å². The number of likely N-dealkylation sites (N-methyl/N-ethyl adjacent to an activating group) is 1. The van der Waals surface area contributed by atoms with Crippen LogP contribution < -0.4 is 5.32 Å². The minimum Gasteiger partial charge on any atom is -0.481 e. The van der Waals surface area contributed by atoms with Gasteiger partial charge >= 0.3 is 5.97 Å². The molecule has 1 amide bonds. The Labute approximate surface area is 134 Å². The van der Waals surface area contributed by atoms with Crippen LogP contribution in [0.15, 0.2) is 24.3 Å². The maximum Gasteiger partial charge on any atom is 0.312 e. The molecule has 0 aromatic heterocycles. The molecule has 9 heteroatoms. The van der Waals surface area contributed by atoms with Gasteiger partial charge in [-0.2, -0.15) is 4.31 Å². The fraction of sp³-hybridized carbons (Fsp3) is 0.429. The van der Waals surface area contributed by atoms with Gasteiger partial charge in [-0.15, -0.1) is 0 Å². The van der Waals surface area contributed by atoms with Gasteiger partial charge in [0.25, 0.3) is 0 Å². The van der Waals surface area contributed by atoms with E-state index in [9.17, 15) is 27.5 Å². The van der Waals surface area contributed by atoms with E-state index < -0.39 is 40.2 Å². The Bertz CT molecular complexity index is 660. The molecule has 0 aliphatic heterocycles. The van der Waals surface area contributed by atoms with Crippen molar-refractivity contribution in [2.45, 2.75) is 12.8 Å². The van der Waals surface area contributed by atoms with E-state index in [1.54, 1.807) is 0 Å². The summed E-state index contributed by atoms with van der Waals surface area (Å²) < 4.78 is 36.9. The fourth-order valence-electron chi connectivity index (χ4n) is 1.84. The zero-order valence-electron chi connectivity index (χ0n) is 12.8. The lowest BCUT2D eigenvalue weighted by Crippen LogP contribution is -2.41. The van der Waals surface area contributed by atoms with Crippen LogP contribution in [0.3, 0.4) is 0 Å². The quantitative estimate of drug-likeness (QED) is 0.709. The SMILES string of the molecule is CCS(=O)(=O)N(C)CC(=O)NCC(C(=O)O)c1ccc(F)cc1. The largest absolute Gasteiger partial charge is 0.481 e. The highest BCUT2D eigenvalue weighted by Crippen LogP contribution is 2.16. The highest BCUT2D eigenvalue weighted by Gasteiger charge is 2.22. The van der Waals surface area contributed by atoms with Gasteiger partial charge in [0.05, 0.1) is 18.2 Å². The Morgan fingerprint density at radius 1 is 1.30 bits per heavy atom. The van der Waals surface area contributed by atoms with Crippen molar-refractivity contribution < 1.29 is 27.5 Å². The Morgan fingerprint density at radius 3 is 2.35 bits per heavy atom. The molecule has 2 N–H and O–H groups in total. The predicted molar refractivity (Wildman–Crippen MR) is 81.9 cm³/mol. The van der Waals surface area contributed by atoms with E-state index in [-0.39, 0.29) is 12.3 Å². The first-order valence-electron chi connectivity index (χ1n) is 6.86. The van der Waals surface area contributed by atoms with Gasteiger partial charge in [0, 0.05) is 13.6 Å². The van der Waals surface area contributed by atoms with Crippen LogP contribution in [0.1, 0.15) is 18.4 Å². The Morgan fingerprint density at radius 2 is 1.87 bits per heavy atom. The van der Waals surface area contributed by atoms with Crippen LogP contribution in [0.4, 0.5) is 4.39 Å². The van der Waals surface area contributed by atoms with Crippen LogP contribution in [0, 0.1) is 5.82 Å². The molecule has 7 nitrogen and oxygen atoms in total. The number of halogens is 1. The number of hydrogen-bond acceptors (Lipinski definition) is 4. The van der Waals surface area contributed by atoms with Gasteiger partial charge in [-0.1, -0.05) is 12.1 Å². The monoisotopic (exact) mass is 346 g/mol. The Hall–Kier alpha value is -2.00. The molecule has 23 heavy (non-hydrogen) atoms. The zero-order valence-corrected chi connectivity index (χ0v) is 13.6. The van der Waals surface area contributed by atoms with Gasteiger partial charge < -0.3 is 10.4 Å². The lowest BCUT2D eigenvalue weighted by Gasteiger charge is -2.17. The van der Waals surface area contributed by atoms with Crippen molar-refractivity contribution in [3.8, 4) is 0 Å². The number of aliphatic carboxylic acids is 1. The molecule has 0 aliphatic carbocycles. The second-order valence-corrected chi connectivity index (χ2v) is 7.27. The summed E-state index contributed by atoms with van der Waals surface area (Å²) >= 11 is 0. The number of rotatable bonds is 8. The summed E-state index contributed by atoms with van der Waals surface area (Å²) in [5, 5.41) is 11.6. The molecule has 0 bridgehead atoms. The van der Waals surface area contributed by atoms with E-state index in [1.807, 2.05) is 0 Å². The maximum atomic E-state index is 12.9. The van der Waals surface area contributed by atoms with Crippen molar-refractivity contribution in [1.29, 1.82) is 0 Å². The standard InChI is InChI=1S/C14H19FN2O5S/c1-3-23(21,22)17(2)9-13(18)16-8-12(14(19)20)10-4-6-11(15)7-5-10/h4-7,12H,3,8-9H2,1-2H3,(H,16,18)(H,19,20). The minimum atomic E-state index is -3.49. The van der Waals surface area contributed by atoms with E-state index in [2.05, 4.69) is 5.32 Å². The third kappa shape index (κ3) is 5.61. The molecule has 1 unspecified atom stereocenters. The molecule has 0 heterocycles. The fourth-order valence-corrected chi connectivity index (χ4v) is 2.59. The van der Waals surface area contributed by atoms with Crippen LogP contribution in [-0.4, -0.2) is 55.6 Å². The van der Waals surface area contributed by atoms with Gasteiger partial charge in [0.2, 0.25) is 15.9 Å². The second kappa shape index (κ2) is 8.02. The van der Waals surface area contributed by atoms with Crippen molar-refractivity contribution in [2.24, 2.45) is 0 Å². The third-order valence-electron chi connectivity index (χ3n) is 3.28. The van der Waals surface area contributed by atoms with Gasteiger partial charge in [-0.3, -0.25) is 9.59 Å². The average molecular weight is 346 g/mol. The number of nitrogens with one attached hydrogen (secondary N) is 1. The number of carboxylic acid groups (broad SMARTS) is 1. The van der Waals surface area contributed by atoms with Crippen LogP contribution in [0.5, 0.6) is 0 Å². The summed E-state index contributed by atoms with van der Waals surface area (Å²) in [4.78, 5) is 23.0. The molecule has 1 rings (SSSR count). The van der Waals surface area contributed by atoms with E-state index in [1.165, 1.54) is 26.1 Å². The van der Waals surface area contributed by atoms with E-state index >= 15 is 0 Å². The summed E-state index contributed by atoms with van der Waals surface area (Å²) in [5.74, 6) is -3.46. The molecule has 0 saturated carbocycles. The van der Waals surface area contributed by atoms with E-state index in [0.29, 0.717) is 5.56 Å². The first-order chi connectivity index (χ1) is 10.7. The molecule has 128 valence electrons. The van der Waals surface area contributed by atoms with Crippen LogP contribution in [0.2, 0.25) is 0 Å². The topological polar surface area (TPSA) is 104 Å². The number of hydrogen-bond donors (Lipinski definition) is 2. The molecule has 0 radical (unpaired) electrons. The number of sulfonamides is 1. The second-order valence-electron chi connectivity index (χ2n) is 4.90. The maximum absolute atomic E-state index is 12.9. The van der Waals surface area contributed by atoms with Crippen molar-refractivity contribution >= 4 is 21.9 Å². The third-order valence-corrected chi connectivity index (χ3v) is 5.09. The highest BCUT2D eigenvalue weighted by atomic mass is 32.2. The van der Waals surface area contributed by atoms with Gasteiger partial charge in [0.15, 0.2) is 0 Å². The first-order valence-corrected chi connectivity index (χ1v) is 8.47. The van der Waals surface area contributed by atoms with E-state index in [4.69, 9.17) is 0 Å². The number of amides is 1. The lowest BCUT2D eigenvalue weighted by molar-refractivity contribution is -0.138. The molecule has 0 spiro atoms. The van der Waals surface area contributed by atoms with E-state index in [0.717, 1.165) is 16.4 Å². The molecule has 0 aliphatic rings. The molecule has 1 aromatic carbocycles. The normalized spacial score (nSPS) is 12.9. The van der Waals surface area contributed by atoms with Gasteiger partial charge in [-0.25, -0.2) is 12.8 Å². The molecular weight excluding hydrogens is 327 g/mol. The van der Waals surface area contributed by atoms with Crippen LogP contribution >= 0.6 is 0 Å². The summed E-state index contributed by atoms with van der Waals surface area (Å²) in [6.07, 6.45) is 0. The van der Waals surface area contributed by atoms with Crippen LogP contribution in [0.25, 0.3) is 0 Å². The summed E-state index contributed by atoms with van der Waals surface area (Å²) in [6.45, 7) is 0.838. The molecular formula is C14H19FN2O5S. The summed E-state index contributed by atoms with van der Waals surface area (Å²) in [7, 11) is -2.22. The Kier molecular flexibility index (Phi) is 6.64. The highest BCUT2D eigenvalue weighted by molar-refractivity contribution is 7.89. The predicted octanol–water partition coefficient (Wildman–Crippen LogP) is 0.392. The first kappa shape index (κ1) is 19.0. The molecule has 1 atom stereocenters. The minimum absolute atomic E-state index is 0.135. The lowest BCUT2D eigenvalue weighted by atomic mass is 9.99. The average Bonchev–Trinajstić information content (AvgIpc) is 2.48. The molecule has 0 saturated heterocycles. The molecule has 0 fully saturated rings. The number of carboxylic acids is 1. The smallest absolute Gasteiger partial charge is 0.312 e. The number of benzene rings is 1. The molecule has 1 aromatic rings. The summed E-state index contributed by atoms with van der Waals surface area (Å²) in [5.41, 5.74) is 0.341. The van der Waals surface area contributed by atoms with Crippen molar-refractivity contribution in [3.05, 3.63) is 35.6 Å².